The minimum absolute atomic E-state index is 0.208. The monoisotopic (exact) mass is 397 g/mol. The Hall–Kier alpha value is -3.06. The molecule has 2 N–H and O–H groups in total. The van der Waals surface area contributed by atoms with Crippen molar-refractivity contribution in [1.29, 1.82) is 0 Å². The largest absolute Gasteiger partial charge is 0.459 e. The Labute approximate surface area is 168 Å². The minimum atomic E-state index is -0.338. The Balaban J connectivity index is 0.00000109. The molecule has 1 aromatic heterocycles. The second-order valence-corrected chi connectivity index (χ2v) is 6.07. The third-order valence-corrected chi connectivity index (χ3v) is 4.35. The molecule has 4 rings (SSSR count). The van der Waals surface area contributed by atoms with E-state index in [0.29, 0.717) is 12.1 Å². The van der Waals surface area contributed by atoms with Gasteiger partial charge in [-0.25, -0.2) is 9.40 Å². The summed E-state index contributed by atoms with van der Waals surface area (Å²) >= 11 is 3.53. The average Bonchev–Trinajstić information content (AvgIpc) is 3.41. The van der Waals surface area contributed by atoms with Crippen LogP contribution >= 0.6 is 12.6 Å². The first kappa shape index (κ1) is 19.7. The van der Waals surface area contributed by atoms with E-state index in [1.165, 1.54) is 23.4 Å². The van der Waals surface area contributed by atoms with E-state index in [1.807, 2.05) is 12.1 Å². The van der Waals surface area contributed by atoms with Crippen LogP contribution in [0.2, 0.25) is 0 Å². The van der Waals surface area contributed by atoms with Crippen LogP contribution in [-0.4, -0.2) is 22.9 Å². The summed E-state index contributed by atoms with van der Waals surface area (Å²) in [6.07, 6.45) is 3.66. The van der Waals surface area contributed by atoms with Crippen LogP contribution in [0.15, 0.2) is 76.4 Å². The van der Waals surface area contributed by atoms with Gasteiger partial charge in [0.1, 0.15) is 5.82 Å². The maximum atomic E-state index is 13.3. The van der Waals surface area contributed by atoms with Gasteiger partial charge in [0.15, 0.2) is 5.76 Å². The van der Waals surface area contributed by atoms with Crippen molar-refractivity contribution in [1.82, 2.24) is 5.01 Å². The fourth-order valence-corrected chi connectivity index (χ4v) is 3.01. The normalized spacial score (nSPS) is 15.6. The Morgan fingerprint density at radius 1 is 1.14 bits per heavy atom. The van der Waals surface area contributed by atoms with Crippen LogP contribution in [-0.2, 0) is 0 Å². The molecule has 7 heteroatoms. The highest BCUT2D eigenvalue weighted by Gasteiger charge is 2.34. The lowest BCUT2D eigenvalue weighted by Gasteiger charge is -2.21. The lowest BCUT2D eigenvalue weighted by atomic mass is 9.98. The molecule has 0 bridgehead atoms. The topological polar surface area (TPSA) is 71.8 Å². The van der Waals surface area contributed by atoms with Crippen molar-refractivity contribution in [3.63, 3.8) is 0 Å². The number of amides is 1. The number of hydrogen-bond acceptors (Lipinski definition) is 5. The highest BCUT2D eigenvalue weighted by molar-refractivity contribution is 7.79. The van der Waals surface area contributed by atoms with Crippen molar-refractivity contribution in [3.05, 3.63) is 89.6 Å². The Kier molecular flexibility index (Phi) is 6.16. The third kappa shape index (κ3) is 4.09. The Morgan fingerprint density at radius 2 is 1.82 bits per heavy atom. The van der Waals surface area contributed by atoms with E-state index >= 15 is 0 Å². The van der Waals surface area contributed by atoms with Crippen molar-refractivity contribution in [2.75, 3.05) is 12.0 Å². The number of hydrazone groups is 1. The summed E-state index contributed by atoms with van der Waals surface area (Å²) in [4.78, 5) is 12.8. The van der Waals surface area contributed by atoms with Gasteiger partial charge in [0, 0.05) is 12.1 Å². The standard InChI is InChI=1S/C20H16FN3O2.CH4S/c21-15-7-3-14(4-8-15)18-12-17(13-5-9-16(22)10-6-13)23-24(18)20(25)19-2-1-11-26-19;1-2/h1-11,18H,12,22H2;2H,1H3. The van der Waals surface area contributed by atoms with E-state index in [-0.39, 0.29) is 23.5 Å². The van der Waals surface area contributed by atoms with Gasteiger partial charge in [0.05, 0.1) is 18.0 Å². The van der Waals surface area contributed by atoms with Crippen LogP contribution in [0.4, 0.5) is 10.1 Å². The molecule has 0 radical (unpaired) electrons. The molecule has 2 heterocycles. The number of nitrogens with two attached hydrogens (primary N) is 1. The van der Waals surface area contributed by atoms with Gasteiger partial charge < -0.3 is 10.2 Å². The van der Waals surface area contributed by atoms with Crippen LogP contribution in [0.5, 0.6) is 0 Å². The quantitative estimate of drug-likeness (QED) is 0.503. The smallest absolute Gasteiger partial charge is 0.310 e. The number of nitrogen functional groups attached to an aromatic ring is 1. The molecule has 144 valence electrons. The first-order valence-corrected chi connectivity index (χ1v) is 9.52. The van der Waals surface area contributed by atoms with Crippen molar-refractivity contribution >= 4 is 29.9 Å². The maximum absolute atomic E-state index is 13.3. The highest BCUT2D eigenvalue weighted by Crippen LogP contribution is 2.34. The Morgan fingerprint density at radius 3 is 2.43 bits per heavy atom. The summed E-state index contributed by atoms with van der Waals surface area (Å²) in [6, 6.07) is 16.4. The predicted octanol–water partition coefficient (Wildman–Crippen LogP) is 4.54. The average molecular weight is 397 g/mol. The fourth-order valence-electron chi connectivity index (χ4n) is 3.01. The van der Waals surface area contributed by atoms with Crippen LogP contribution in [0.25, 0.3) is 0 Å². The summed E-state index contributed by atoms with van der Waals surface area (Å²) in [5.41, 5.74) is 8.86. The molecule has 28 heavy (non-hydrogen) atoms. The molecule has 1 atom stereocenters. The zero-order valence-corrected chi connectivity index (χ0v) is 16.1. The first-order valence-electron chi connectivity index (χ1n) is 8.62. The summed E-state index contributed by atoms with van der Waals surface area (Å²) in [5, 5.41) is 5.93. The fraction of sp³-hybridized carbons (Fsp3) is 0.143. The summed E-state index contributed by atoms with van der Waals surface area (Å²) < 4.78 is 18.5. The zero-order valence-electron chi connectivity index (χ0n) is 15.2. The number of carbonyl (C=O) groups is 1. The molecule has 0 saturated carbocycles. The van der Waals surface area contributed by atoms with Gasteiger partial charge in [0.25, 0.3) is 0 Å². The maximum Gasteiger partial charge on any atom is 0.310 e. The molecular weight excluding hydrogens is 377 g/mol. The first-order chi connectivity index (χ1) is 13.6. The molecule has 1 aliphatic heterocycles. The van der Waals surface area contributed by atoms with Gasteiger partial charge in [-0.3, -0.25) is 4.79 Å². The molecule has 3 aromatic rings. The van der Waals surface area contributed by atoms with Gasteiger partial charge in [-0.15, -0.1) is 0 Å². The van der Waals surface area contributed by atoms with E-state index in [9.17, 15) is 9.18 Å². The molecule has 0 fully saturated rings. The number of thiol groups is 1. The van der Waals surface area contributed by atoms with E-state index in [4.69, 9.17) is 10.2 Å². The number of furan rings is 1. The van der Waals surface area contributed by atoms with Crippen molar-refractivity contribution in [3.8, 4) is 0 Å². The SMILES string of the molecule is CS.Nc1ccc(C2=NN(C(=O)c3ccco3)C(c3ccc(F)cc3)C2)cc1. The summed E-state index contributed by atoms with van der Waals surface area (Å²) in [6.45, 7) is 0. The number of hydrogen-bond donors (Lipinski definition) is 2. The number of anilines is 1. The number of rotatable bonds is 3. The van der Waals surface area contributed by atoms with Gasteiger partial charge >= 0.3 is 5.91 Å². The summed E-state index contributed by atoms with van der Waals surface area (Å²) in [5.74, 6) is -0.454. The molecule has 2 aromatic carbocycles. The van der Waals surface area contributed by atoms with Crippen molar-refractivity contribution in [2.24, 2.45) is 5.10 Å². The molecule has 0 saturated heterocycles. The molecule has 1 amide bonds. The third-order valence-electron chi connectivity index (χ3n) is 4.35. The number of halogens is 1. The van der Waals surface area contributed by atoms with E-state index < -0.39 is 0 Å². The lowest BCUT2D eigenvalue weighted by molar-refractivity contribution is 0.0678. The van der Waals surface area contributed by atoms with Gasteiger partial charge in [-0.2, -0.15) is 17.7 Å². The van der Waals surface area contributed by atoms with Crippen LogP contribution in [0.1, 0.15) is 34.1 Å². The van der Waals surface area contributed by atoms with E-state index in [1.54, 1.807) is 42.7 Å². The summed E-state index contributed by atoms with van der Waals surface area (Å²) in [7, 11) is 0. The Bertz CT molecular complexity index is 954. The number of carbonyl (C=O) groups excluding carboxylic acids is 1. The molecule has 1 unspecified atom stereocenters. The zero-order chi connectivity index (χ0) is 20.1. The molecule has 0 spiro atoms. The van der Waals surface area contributed by atoms with Crippen LogP contribution in [0.3, 0.4) is 0 Å². The van der Waals surface area contributed by atoms with Gasteiger partial charge in [0.2, 0.25) is 0 Å². The molecule has 0 aliphatic carbocycles. The molecule has 1 aliphatic rings. The lowest BCUT2D eigenvalue weighted by Crippen LogP contribution is -2.26. The van der Waals surface area contributed by atoms with E-state index in [0.717, 1.165) is 16.8 Å². The molecular formula is C21H20FN3O2S. The molecule has 5 nitrogen and oxygen atoms in total. The van der Waals surface area contributed by atoms with Crippen LogP contribution in [0, 0.1) is 5.82 Å². The van der Waals surface area contributed by atoms with Crippen LogP contribution < -0.4 is 5.73 Å². The van der Waals surface area contributed by atoms with E-state index in [2.05, 4.69) is 17.7 Å². The number of nitrogens with zero attached hydrogens (tertiary/aromatic N) is 2. The van der Waals surface area contributed by atoms with Gasteiger partial charge in [-0.05, 0) is 53.8 Å². The van der Waals surface area contributed by atoms with Gasteiger partial charge in [-0.1, -0.05) is 24.3 Å². The predicted molar refractivity (Wildman–Crippen MR) is 111 cm³/mol. The van der Waals surface area contributed by atoms with Crippen molar-refractivity contribution in [2.45, 2.75) is 12.5 Å². The highest BCUT2D eigenvalue weighted by atomic mass is 32.1. The number of benzene rings is 2. The minimum Gasteiger partial charge on any atom is -0.459 e. The second kappa shape index (κ2) is 8.75. The van der Waals surface area contributed by atoms with Crippen molar-refractivity contribution < 1.29 is 13.6 Å². The second-order valence-electron chi connectivity index (χ2n) is 6.07.